The van der Waals surface area contributed by atoms with Crippen molar-refractivity contribution < 1.29 is 18.0 Å². The van der Waals surface area contributed by atoms with Crippen LogP contribution in [-0.4, -0.2) is 49.8 Å². The van der Waals surface area contributed by atoms with Crippen LogP contribution in [0, 0.1) is 6.92 Å². The Labute approximate surface area is 236 Å². The van der Waals surface area contributed by atoms with Gasteiger partial charge in [-0.05, 0) is 88.6 Å². The van der Waals surface area contributed by atoms with E-state index in [0.717, 1.165) is 15.4 Å². The fraction of sp³-hybridized carbons (Fsp3) is 0.333. The molecule has 0 bridgehead atoms. The van der Waals surface area contributed by atoms with Crippen molar-refractivity contribution in [1.82, 2.24) is 10.2 Å². The van der Waals surface area contributed by atoms with Gasteiger partial charge in [-0.1, -0.05) is 54.1 Å². The van der Waals surface area contributed by atoms with E-state index in [1.54, 1.807) is 25.1 Å². The molecule has 0 radical (unpaired) electrons. The Kier molecular flexibility index (Phi) is 9.80. The standard InChI is InChI=1S/C30H36ClN3O4S/c1-22-10-9-13-26(20-22)34(39(37,38)27-16-14-25(31)15-17-27)21-28(35)33(19-18-24-11-7-6-8-12-24)23(2)29(36)32-30(3,4)5/h6-17,20,23H,18-19,21H2,1-5H3,(H,32,36)/t23-/m0/s1. The van der Waals surface area contributed by atoms with Gasteiger partial charge in [0.25, 0.3) is 10.0 Å². The first-order chi connectivity index (χ1) is 18.3. The number of aryl methyl sites for hydroxylation is 1. The Morgan fingerprint density at radius 3 is 2.18 bits per heavy atom. The fourth-order valence-electron chi connectivity index (χ4n) is 4.09. The van der Waals surface area contributed by atoms with E-state index in [-0.39, 0.29) is 17.3 Å². The van der Waals surface area contributed by atoms with Crippen molar-refractivity contribution in [1.29, 1.82) is 0 Å². The highest BCUT2D eigenvalue weighted by molar-refractivity contribution is 7.92. The van der Waals surface area contributed by atoms with Gasteiger partial charge in [-0.3, -0.25) is 13.9 Å². The highest BCUT2D eigenvalue weighted by Gasteiger charge is 2.33. The maximum atomic E-state index is 13.9. The van der Waals surface area contributed by atoms with E-state index < -0.39 is 34.1 Å². The largest absolute Gasteiger partial charge is 0.350 e. The molecule has 0 fully saturated rings. The van der Waals surface area contributed by atoms with Gasteiger partial charge in [0.2, 0.25) is 11.8 Å². The van der Waals surface area contributed by atoms with E-state index in [4.69, 9.17) is 11.6 Å². The van der Waals surface area contributed by atoms with Crippen LogP contribution in [0.25, 0.3) is 0 Å². The average molecular weight is 570 g/mol. The van der Waals surface area contributed by atoms with Crippen LogP contribution in [0.4, 0.5) is 5.69 Å². The monoisotopic (exact) mass is 569 g/mol. The van der Waals surface area contributed by atoms with Gasteiger partial charge in [0.05, 0.1) is 10.6 Å². The molecule has 0 spiro atoms. The normalized spacial score (nSPS) is 12.5. The zero-order valence-electron chi connectivity index (χ0n) is 23.0. The minimum Gasteiger partial charge on any atom is -0.350 e. The van der Waals surface area contributed by atoms with Gasteiger partial charge in [0.15, 0.2) is 0 Å². The number of hydrogen-bond donors (Lipinski definition) is 1. The molecule has 2 amide bonds. The molecule has 3 aromatic carbocycles. The number of sulfonamides is 1. The zero-order valence-corrected chi connectivity index (χ0v) is 24.6. The molecule has 0 heterocycles. The number of carbonyl (C=O) groups is 2. The summed E-state index contributed by atoms with van der Waals surface area (Å²) in [4.78, 5) is 28.5. The summed E-state index contributed by atoms with van der Waals surface area (Å²) < 4.78 is 28.7. The molecule has 208 valence electrons. The highest BCUT2D eigenvalue weighted by atomic mass is 35.5. The number of nitrogens with zero attached hydrogens (tertiary/aromatic N) is 2. The second kappa shape index (κ2) is 12.7. The van der Waals surface area contributed by atoms with E-state index in [9.17, 15) is 18.0 Å². The van der Waals surface area contributed by atoms with Crippen molar-refractivity contribution in [3.05, 3.63) is 95.0 Å². The van der Waals surface area contributed by atoms with Crippen molar-refractivity contribution in [3.8, 4) is 0 Å². The molecule has 3 aromatic rings. The Morgan fingerprint density at radius 1 is 0.949 bits per heavy atom. The molecular weight excluding hydrogens is 534 g/mol. The lowest BCUT2D eigenvalue weighted by molar-refractivity contribution is -0.139. The molecule has 1 N–H and O–H groups in total. The summed E-state index contributed by atoms with van der Waals surface area (Å²) in [5, 5.41) is 3.33. The van der Waals surface area contributed by atoms with E-state index in [1.165, 1.54) is 29.2 Å². The Balaban J connectivity index is 1.99. The van der Waals surface area contributed by atoms with Crippen LogP contribution in [0.1, 0.15) is 38.8 Å². The summed E-state index contributed by atoms with van der Waals surface area (Å²) in [5.74, 6) is -0.798. The minimum atomic E-state index is -4.13. The molecular formula is C30H36ClN3O4S. The topological polar surface area (TPSA) is 86.8 Å². The maximum absolute atomic E-state index is 13.9. The lowest BCUT2D eigenvalue weighted by atomic mass is 10.1. The van der Waals surface area contributed by atoms with Gasteiger partial charge in [-0.25, -0.2) is 8.42 Å². The molecule has 0 unspecified atom stereocenters. The highest BCUT2D eigenvalue weighted by Crippen LogP contribution is 2.26. The van der Waals surface area contributed by atoms with Crippen LogP contribution in [0.2, 0.25) is 5.02 Å². The summed E-state index contributed by atoms with van der Waals surface area (Å²) in [6, 6.07) is 21.6. The quantitative estimate of drug-likeness (QED) is 0.363. The lowest BCUT2D eigenvalue weighted by Gasteiger charge is -2.33. The van der Waals surface area contributed by atoms with E-state index in [2.05, 4.69) is 5.32 Å². The van der Waals surface area contributed by atoms with Crippen molar-refractivity contribution in [2.75, 3.05) is 17.4 Å². The molecule has 0 aliphatic rings. The van der Waals surface area contributed by atoms with Gasteiger partial charge < -0.3 is 10.2 Å². The van der Waals surface area contributed by atoms with Crippen LogP contribution in [-0.2, 0) is 26.0 Å². The summed E-state index contributed by atoms with van der Waals surface area (Å²) in [7, 11) is -4.13. The molecule has 9 heteroatoms. The predicted octanol–water partition coefficient (Wildman–Crippen LogP) is 5.22. The van der Waals surface area contributed by atoms with E-state index >= 15 is 0 Å². The average Bonchev–Trinajstić information content (AvgIpc) is 2.87. The minimum absolute atomic E-state index is 0.00978. The Morgan fingerprint density at radius 2 is 1.59 bits per heavy atom. The van der Waals surface area contributed by atoms with Crippen molar-refractivity contribution in [2.45, 2.75) is 57.5 Å². The van der Waals surface area contributed by atoms with E-state index in [0.29, 0.717) is 17.1 Å². The number of anilines is 1. The first kappa shape index (κ1) is 30.2. The second-order valence-corrected chi connectivity index (χ2v) is 12.8. The smallest absolute Gasteiger partial charge is 0.264 e. The number of rotatable bonds is 10. The number of amides is 2. The molecule has 7 nitrogen and oxygen atoms in total. The van der Waals surface area contributed by atoms with Crippen molar-refractivity contribution in [2.24, 2.45) is 0 Å². The second-order valence-electron chi connectivity index (χ2n) is 10.5. The molecule has 0 aromatic heterocycles. The summed E-state index contributed by atoms with van der Waals surface area (Å²) in [6.45, 7) is 8.88. The van der Waals surface area contributed by atoms with Crippen LogP contribution in [0.15, 0.2) is 83.8 Å². The van der Waals surface area contributed by atoms with Crippen molar-refractivity contribution >= 4 is 39.1 Å². The van der Waals surface area contributed by atoms with Crippen LogP contribution >= 0.6 is 11.6 Å². The third-order valence-corrected chi connectivity index (χ3v) is 8.16. The van der Waals surface area contributed by atoms with Gasteiger partial charge >= 0.3 is 0 Å². The number of halogens is 1. The van der Waals surface area contributed by atoms with Gasteiger partial charge in [0.1, 0.15) is 12.6 Å². The van der Waals surface area contributed by atoms with Gasteiger partial charge in [-0.2, -0.15) is 0 Å². The van der Waals surface area contributed by atoms with Gasteiger partial charge in [0, 0.05) is 17.1 Å². The first-order valence-electron chi connectivity index (χ1n) is 12.8. The Bertz CT molecular complexity index is 1390. The van der Waals surface area contributed by atoms with Crippen molar-refractivity contribution in [3.63, 3.8) is 0 Å². The third kappa shape index (κ3) is 8.31. The Hall–Kier alpha value is -3.36. The SMILES string of the molecule is Cc1cccc(N(CC(=O)N(CCc2ccccc2)[C@@H](C)C(=O)NC(C)(C)C)S(=O)(=O)c2ccc(Cl)cc2)c1. The number of benzene rings is 3. The number of nitrogens with one attached hydrogen (secondary N) is 1. The first-order valence-corrected chi connectivity index (χ1v) is 14.6. The van der Waals surface area contributed by atoms with Crippen LogP contribution < -0.4 is 9.62 Å². The molecule has 3 rings (SSSR count). The van der Waals surface area contributed by atoms with Crippen LogP contribution in [0.3, 0.4) is 0 Å². The number of hydrogen-bond acceptors (Lipinski definition) is 4. The number of carbonyl (C=O) groups excluding carboxylic acids is 2. The molecule has 0 aliphatic carbocycles. The zero-order chi connectivity index (χ0) is 28.8. The lowest BCUT2D eigenvalue weighted by Crippen LogP contribution is -2.55. The molecule has 39 heavy (non-hydrogen) atoms. The summed E-state index contributed by atoms with van der Waals surface area (Å²) in [6.07, 6.45) is 0.508. The molecule has 0 aliphatic heterocycles. The third-order valence-electron chi connectivity index (χ3n) is 6.12. The molecule has 1 atom stereocenters. The predicted molar refractivity (Wildman–Crippen MR) is 156 cm³/mol. The van der Waals surface area contributed by atoms with E-state index in [1.807, 2.05) is 64.1 Å². The molecule has 0 saturated heterocycles. The summed E-state index contributed by atoms with van der Waals surface area (Å²) >= 11 is 5.99. The summed E-state index contributed by atoms with van der Waals surface area (Å²) in [5.41, 5.74) is 1.71. The molecule has 0 saturated carbocycles. The fourth-order valence-corrected chi connectivity index (χ4v) is 5.62. The van der Waals surface area contributed by atoms with Gasteiger partial charge in [-0.15, -0.1) is 0 Å². The van der Waals surface area contributed by atoms with Crippen LogP contribution in [0.5, 0.6) is 0 Å². The maximum Gasteiger partial charge on any atom is 0.264 e.